The van der Waals surface area contributed by atoms with Crippen LogP contribution in [0.2, 0.25) is 0 Å². The lowest BCUT2D eigenvalue weighted by Crippen LogP contribution is -2.33. The molecule has 9 heteroatoms. The number of benzene rings is 2. The molecule has 3 rings (SSSR count). The zero-order valence-corrected chi connectivity index (χ0v) is 20.1. The highest BCUT2D eigenvalue weighted by atomic mass is 32.2. The van der Waals surface area contributed by atoms with Crippen LogP contribution in [0.4, 0.5) is 5.69 Å². The first kappa shape index (κ1) is 24.3. The van der Waals surface area contributed by atoms with Crippen LogP contribution in [-0.4, -0.2) is 39.4 Å². The maximum Gasteiger partial charge on any atom is 0.251 e. The van der Waals surface area contributed by atoms with Gasteiger partial charge in [0.25, 0.3) is 5.91 Å². The highest BCUT2D eigenvalue weighted by molar-refractivity contribution is 7.99. The van der Waals surface area contributed by atoms with Gasteiger partial charge in [0, 0.05) is 17.8 Å². The van der Waals surface area contributed by atoms with Gasteiger partial charge in [-0.1, -0.05) is 43.8 Å². The van der Waals surface area contributed by atoms with Crippen LogP contribution >= 0.6 is 11.8 Å². The molecule has 2 N–H and O–H groups in total. The summed E-state index contributed by atoms with van der Waals surface area (Å²) in [5, 5.41) is 15.3. The van der Waals surface area contributed by atoms with Crippen molar-refractivity contribution in [1.29, 1.82) is 0 Å². The second kappa shape index (κ2) is 11.5. The van der Waals surface area contributed by atoms with Crippen molar-refractivity contribution in [2.45, 2.75) is 38.5 Å². The van der Waals surface area contributed by atoms with Gasteiger partial charge < -0.3 is 19.9 Å². The van der Waals surface area contributed by atoms with Crippen LogP contribution in [-0.2, 0) is 11.3 Å². The monoisotopic (exact) mass is 467 g/mol. The molecule has 0 aliphatic carbocycles. The Morgan fingerprint density at radius 1 is 1.06 bits per heavy atom. The SMILES string of the molecule is CCn1c(SCC(=O)Nc2ccccc2)nnc1[C@@H](NC(=O)c1ccc(OC)cc1)C(C)C. The van der Waals surface area contributed by atoms with Crippen molar-refractivity contribution in [1.82, 2.24) is 20.1 Å². The van der Waals surface area contributed by atoms with Crippen LogP contribution < -0.4 is 15.4 Å². The fraction of sp³-hybridized carbons (Fsp3) is 0.333. The first-order valence-electron chi connectivity index (χ1n) is 10.8. The van der Waals surface area contributed by atoms with Crippen molar-refractivity contribution in [2.75, 3.05) is 18.2 Å². The van der Waals surface area contributed by atoms with E-state index in [1.165, 1.54) is 11.8 Å². The van der Waals surface area contributed by atoms with Crippen molar-refractivity contribution in [3.05, 3.63) is 66.0 Å². The van der Waals surface area contributed by atoms with Crippen molar-refractivity contribution >= 4 is 29.3 Å². The molecule has 1 heterocycles. The van der Waals surface area contributed by atoms with Gasteiger partial charge in [-0.05, 0) is 49.2 Å². The van der Waals surface area contributed by atoms with Gasteiger partial charge in [-0.3, -0.25) is 9.59 Å². The highest BCUT2D eigenvalue weighted by Gasteiger charge is 2.26. The summed E-state index contributed by atoms with van der Waals surface area (Å²) in [6.07, 6.45) is 0. The number of thioether (sulfide) groups is 1. The number of methoxy groups -OCH3 is 1. The Labute approximate surface area is 198 Å². The van der Waals surface area contributed by atoms with Gasteiger partial charge in [-0.25, -0.2) is 0 Å². The summed E-state index contributed by atoms with van der Waals surface area (Å²) in [5.41, 5.74) is 1.29. The molecule has 0 saturated heterocycles. The van der Waals surface area contributed by atoms with Gasteiger partial charge >= 0.3 is 0 Å². The Kier molecular flexibility index (Phi) is 8.48. The number of hydrogen-bond donors (Lipinski definition) is 2. The van der Waals surface area contributed by atoms with Crippen LogP contribution in [0, 0.1) is 5.92 Å². The molecule has 2 amide bonds. The standard InChI is InChI=1S/C24H29N5O3S/c1-5-29-22(21(16(2)3)26-23(31)17-11-13-19(32-4)14-12-17)27-28-24(29)33-15-20(30)25-18-9-7-6-8-10-18/h6-14,16,21H,5,15H2,1-4H3,(H,25,30)(H,26,31)/t21-/m0/s1. The third-order valence-corrected chi connectivity index (χ3v) is 6.00. The van der Waals surface area contributed by atoms with E-state index in [-0.39, 0.29) is 29.5 Å². The minimum Gasteiger partial charge on any atom is -0.497 e. The lowest BCUT2D eigenvalue weighted by molar-refractivity contribution is -0.113. The first-order valence-corrected chi connectivity index (χ1v) is 11.8. The Bertz CT molecular complexity index is 1070. The molecule has 8 nitrogen and oxygen atoms in total. The number of hydrogen-bond acceptors (Lipinski definition) is 6. The normalized spacial score (nSPS) is 11.8. The fourth-order valence-electron chi connectivity index (χ4n) is 3.28. The Morgan fingerprint density at radius 2 is 1.76 bits per heavy atom. The predicted octanol–water partition coefficient (Wildman–Crippen LogP) is 4.16. The molecule has 0 unspecified atom stereocenters. The number of ether oxygens (including phenoxy) is 1. The second-order valence-corrected chi connectivity index (χ2v) is 8.65. The summed E-state index contributed by atoms with van der Waals surface area (Å²) in [5.74, 6) is 1.33. The number of aromatic nitrogens is 3. The van der Waals surface area contributed by atoms with Gasteiger partial charge in [-0.15, -0.1) is 10.2 Å². The van der Waals surface area contributed by atoms with Crippen LogP contribution in [0.3, 0.4) is 0 Å². The van der Waals surface area contributed by atoms with Crippen LogP contribution in [0.1, 0.15) is 43.0 Å². The largest absolute Gasteiger partial charge is 0.497 e. The fourth-order valence-corrected chi connectivity index (χ4v) is 4.09. The third kappa shape index (κ3) is 6.35. The molecule has 0 radical (unpaired) electrons. The number of nitrogens with zero attached hydrogens (tertiary/aromatic N) is 3. The van der Waals surface area contributed by atoms with E-state index in [1.807, 2.05) is 55.7 Å². The summed E-state index contributed by atoms with van der Waals surface area (Å²) in [6.45, 7) is 6.65. The molecule has 3 aromatic rings. The Morgan fingerprint density at radius 3 is 2.36 bits per heavy atom. The molecule has 0 fully saturated rings. The molecule has 2 aromatic carbocycles. The highest BCUT2D eigenvalue weighted by Crippen LogP contribution is 2.26. The topological polar surface area (TPSA) is 98.1 Å². The maximum absolute atomic E-state index is 12.9. The summed E-state index contributed by atoms with van der Waals surface area (Å²) < 4.78 is 7.10. The zero-order chi connectivity index (χ0) is 23.8. The van der Waals surface area contributed by atoms with Crippen LogP contribution in [0.25, 0.3) is 0 Å². The summed E-state index contributed by atoms with van der Waals surface area (Å²) in [4.78, 5) is 25.2. The average molecular weight is 468 g/mol. The molecule has 1 aromatic heterocycles. The number of para-hydroxylation sites is 1. The van der Waals surface area contributed by atoms with Gasteiger partial charge in [0.2, 0.25) is 5.91 Å². The number of amides is 2. The van der Waals surface area contributed by atoms with E-state index in [4.69, 9.17) is 4.74 Å². The quantitative estimate of drug-likeness (QED) is 0.435. The number of rotatable bonds is 10. The van der Waals surface area contributed by atoms with E-state index in [9.17, 15) is 9.59 Å². The van der Waals surface area contributed by atoms with Crippen molar-refractivity contribution in [3.8, 4) is 5.75 Å². The smallest absolute Gasteiger partial charge is 0.251 e. The predicted molar refractivity (Wildman–Crippen MR) is 130 cm³/mol. The lowest BCUT2D eigenvalue weighted by Gasteiger charge is -2.22. The van der Waals surface area contributed by atoms with E-state index in [0.29, 0.717) is 28.8 Å². The van der Waals surface area contributed by atoms with Gasteiger partial charge in [0.1, 0.15) is 5.75 Å². The number of carbonyl (C=O) groups excluding carboxylic acids is 2. The first-order chi connectivity index (χ1) is 15.9. The summed E-state index contributed by atoms with van der Waals surface area (Å²) >= 11 is 1.32. The average Bonchev–Trinajstić information content (AvgIpc) is 3.24. The number of nitrogens with one attached hydrogen (secondary N) is 2. The summed E-state index contributed by atoms with van der Waals surface area (Å²) in [6, 6.07) is 15.9. The molecule has 1 atom stereocenters. The third-order valence-electron chi connectivity index (χ3n) is 5.04. The molecule has 33 heavy (non-hydrogen) atoms. The molecular weight excluding hydrogens is 438 g/mol. The number of anilines is 1. The van der Waals surface area contributed by atoms with E-state index < -0.39 is 0 Å². The minimum absolute atomic E-state index is 0.0842. The Balaban J connectivity index is 1.70. The number of carbonyl (C=O) groups is 2. The second-order valence-electron chi connectivity index (χ2n) is 7.71. The van der Waals surface area contributed by atoms with Crippen molar-refractivity contribution in [3.63, 3.8) is 0 Å². The molecule has 0 aliphatic rings. The minimum atomic E-state index is -0.334. The molecule has 0 aliphatic heterocycles. The van der Waals surface area contributed by atoms with E-state index >= 15 is 0 Å². The summed E-state index contributed by atoms with van der Waals surface area (Å²) in [7, 11) is 1.59. The molecule has 0 bridgehead atoms. The van der Waals surface area contributed by atoms with Crippen LogP contribution in [0.15, 0.2) is 59.8 Å². The maximum atomic E-state index is 12.9. The van der Waals surface area contributed by atoms with Gasteiger partial charge in [0.05, 0.1) is 18.9 Å². The van der Waals surface area contributed by atoms with Gasteiger partial charge in [-0.2, -0.15) is 0 Å². The molecule has 174 valence electrons. The van der Waals surface area contributed by atoms with Crippen molar-refractivity contribution < 1.29 is 14.3 Å². The van der Waals surface area contributed by atoms with Crippen molar-refractivity contribution in [2.24, 2.45) is 5.92 Å². The van der Waals surface area contributed by atoms with Crippen LogP contribution in [0.5, 0.6) is 5.75 Å². The van der Waals surface area contributed by atoms with E-state index in [2.05, 4.69) is 20.8 Å². The lowest BCUT2D eigenvalue weighted by atomic mass is 10.0. The molecule has 0 saturated carbocycles. The van der Waals surface area contributed by atoms with E-state index in [1.54, 1.807) is 31.4 Å². The van der Waals surface area contributed by atoms with E-state index in [0.717, 1.165) is 5.69 Å². The molecule has 0 spiro atoms. The van der Waals surface area contributed by atoms with Gasteiger partial charge in [0.15, 0.2) is 11.0 Å². The molecular formula is C24H29N5O3S. The zero-order valence-electron chi connectivity index (χ0n) is 19.2. The Hall–Kier alpha value is -3.33.